The lowest BCUT2D eigenvalue weighted by Crippen LogP contribution is -2.03. The van der Waals surface area contributed by atoms with Gasteiger partial charge in [0, 0.05) is 28.3 Å². The number of aromatic amines is 2. The minimum absolute atomic E-state index is 0.711. The van der Waals surface area contributed by atoms with Crippen LogP contribution in [-0.2, 0) is 6.42 Å². The number of fused-ring (bicyclic) bond motifs is 2. The maximum Gasteiger partial charge on any atom is 0.0458 e. The second-order valence-corrected chi connectivity index (χ2v) is 5.38. The maximum atomic E-state index is 5.57. The van der Waals surface area contributed by atoms with Crippen LogP contribution in [0.3, 0.4) is 0 Å². The SMILES string of the molecule is Cc1[nH]c2ccccc2c1CCN.c1ccc2[nH]ccc2c1. The zero-order chi connectivity index (χ0) is 15.4. The minimum atomic E-state index is 0.711. The summed E-state index contributed by atoms with van der Waals surface area (Å²) in [5.74, 6) is 0. The molecule has 0 unspecified atom stereocenters. The number of hydrogen-bond donors (Lipinski definition) is 3. The summed E-state index contributed by atoms with van der Waals surface area (Å²) >= 11 is 0. The van der Waals surface area contributed by atoms with Crippen molar-refractivity contribution in [2.45, 2.75) is 13.3 Å². The molecule has 3 heteroatoms. The molecule has 0 aliphatic carbocycles. The quantitative estimate of drug-likeness (QED) is 0.510. The predicted octanol–water partition coefficient (Wildman–Crippen LogP) is 4.15. The van der Waals surface area contributed by atoms with Gasteiger partial charge in [0.15, 0.2) is 0 Å². The van der Waals surface area contributed by atoms with Crippen molar-refractivity contribution in [2.24, 2.45) is 5.73 Å². The highest BCUT2D eigenvalue weighted by atomic mass is 14.7. The van der Waals surface area contributed by atoms with Crippen LogP contribution >= 0.6 is 0 Å². The number of benzene rings is 2. The number of aromatic nitrogens is 2. The lowest BCUT2D eigenvalue weighted by Gasteiger charge is -1.96. The maximum absolute atomic E-state index is 5.57. The molecule has 2 aromatic carbocycles. The summed E-state index contributed by atoms with van der Waals surface area (Å²) in [7, 11) is 0. The highest BCUT2D eigenvalue weighted by Gasteiger charge is 2.05. The van der Waals surface area contributed by atoms with Crippen molar-refractivity contribution in [1.82, 2.24) is 9.97 Å². The monoisotopic (exact) mass is 291 g/mol. The molecule has 0 aliphatic rings. The molecule has 112 valence electrons. The third-order valence-corrected chi connectivity index (χ3v) is 3.88. The molecule has 0 atom stereocenters. The molecule has 0 fully saturated rings. The van der Waals surface area contributed by atoms with Crippen molar-refractivity contribution in [1.29, 1.82) is 0 Å². The second kappa shape index (κ2) is 6.50. The summed E-state index contributed by atoms with van der Waals surface area (Å²) < 4.78 is 0. The molecular formula is C19H21N3. The van der Waals surface area contributed by atoms with Crippen LogP contribution in [0.5, 0.6) is 0 Å². The first-order chi connectivity index (χ1) is 10.8. The average molecular weight is 291 g/mol. The zero-order valence-electron chi connectivity index (χ0n) is 12.8. The normalized spacial score (nSPS) is 10.6. The average Bonchev–Trinajstić information content (AvgIpc) is 3.13. The Morgan fingerprint density at radius 2 is 1.64 bits per heavy atom. The minimum Gasteiger partial charge on any atom is -0.361 e. The fourth-order valence-electron chi connectivity index (χ4n) is 2.80. The van der Waals surface area contributed by atoms with Crippen LogP contribution in [0, 0.1) is 6.92 Å². The van der Waals surface area contributed by atoms with Gasteiger partial charge in [0.25, 0.3) is 0 Å². The number of nitrogens with one attached hydrogen (secondary N) is 2. The topological polar surface area (TPSA) is 57.6 Å². The van der Waals surface area contributed by atoms with Crippen LogP contribution in [0.2, 0.25) is 0 Å². The molecule has 4 N–H and O–H groups in total. The fraction of sp³-hybridized carbons (Fsp3) is 0.158. The van der Waals surface area contributed by atoms with Crippen LogP contribution < -0.4 is 5.73 Å². The highest BCUT2D eigenvalue weighted by molar-refractivity contribution is 5.84. The third kappa shape index (κ3) is 2.90. The van der Waals surface area contributed by atoms with Crippen LogP contribution in [0.15, 0.2) is 60.8 Å². The van der Waals surface area contributed by atoms with Gasteiger partial charge in [0.05, 0.1) is 0 Å². The predicted molar refractivity (Wildman–Crippen MR) is 94.1 cm³/mol. The van der Waals surface area contributed by atoms with Crippen LogP contribution in [-0.4, -0.2) is 16.5 Å². The Morgan fingerprint density at radius 3 is 2.41 bits per heavy atom. The first kappa shape index (κ1) is 14.4. The molecule has 3 nitrogen and oxygen atoms in total. The molecule has 0 saturated heterocycles. The number of rotatable bonds is 2. The van der Waals surface area contributed by atoms with Gasteiger partial charge in [-0.3, -0.25) is 0 Å². The van der Waals surface area contributed by atoms with E-state index in [1.54, 1.807) is 0 Å². The molecular weight excluding hydrogens is 270 g/mol. The zero-order valence-corrected chi connectivity index (χ0v) is 12.8. The van der Waals surface area contributed by atoms with Gasteiger partial charge in [0.1, 0.15) is 0 Å². The summed E-state index contributed by atoms with van der Waals surface area (Å²) in [5, 5.41) is 2.59. The van der Waals surface area contributed by atoms with Crippen molar-refractivity contribution >= 4 is 21.8 Å². The number of nitrogens with two attached hydrogens (primary N) is 1. The van der Waals surface area contributed by atoms with Crippen LogP contribution in [0.1, 0.15) is 11.3 Å². The molecule has 2 aromatic heterocycles. The van der Waals surface area contributed by atoms with Gasteiger partial charge in [-0.1, -0.05) is 36.4 Å². The summed E-state index contributed by atoms with van der Waals surface area (Å²) in [6, 6.07) is 18.6. The van der Waals surface area contributed by atoms with Gasteiger partial charge < -0.3 is 15.7 Å². The van der Waals surface area contributed by atoms with Gasteiger partial charge in [-0.2, -0.15) is 0 Å². The molecule has 0 aliphatic heterocycles. The molecule has 0 spiro atoms. The summed E-state index contributed by atoms with van der Waals surface area (Å²) in [6.45, 7) is 2.81. The van der Waals surface area contributed by atoms with E-state index >= 15 is 0 Å². The standard InChI is InChI=1S/C11H14N2.C8H7N/c1-8-9(6-7-12)10-4-2-3-5-11(10)13-8;1-2-4-8-7(3-1)5-6-9-8/h2-5,13H,6-7,12H2,1H3;1-6,9H. The van der Waals surface area contributed by atoms with Crippen LogP contribution in [0.4, 0.5) is 0 Å². The van der Waals surface area contributed by atoms with Gasteiger partial charge in [0.2, 0.25) is 0 Å². The molecule has 0 radical (unpaired) electrons. The number of H-pyrrole nitrogens is 2. The Bertz CT molecular complexity index is 840. The van der Waals surface area contributed by atoms with Gasteiger partial charge in [-0.05, 0) is 49.0 Å². The molecule has 22 heavy (non-hydrogen) atoms. The lowest BCUT2D eigenvalue weighted by atomic mass is 10.1. The Kier molecular flexibility index (Phi) is 4.26. The Labute approximate surface area is 130 Å². The smallest absolute Gasteiger partial charge is 0.0458 e. The van der Waals surface area contributed by atoms with E-state index in [0.717, 1.165) is 6.42 Å². The number of hydrogen-bond acceptors (Lipinski definition) is 1. The summed E-state index contributed by atoms with van der Waals surface area (Å²) in [5.41, 5.74) is 10.6. The van der Waals surface area contributed by atoms with Crippen molar-refractivity contribution < 1.29 is 0 Å². The molecule has 2 heterocycles. The lowest BCUT2D eigenvalue weighted by molar-refractivity contribution is 0.963. The molecule has 0 amide bonds. The first-order valence-electron chi connectivity index (χ1n) is 7.58. The van der Waals surface area contributed by atoms with E-state index in [9.17, 15) is 0 Å². The summed E-state index contributed by atoms with van der Waals surface area (Å²) in [4.78, 5) is 6.48. The summed E-state index contributed by atoms with van der Waals surface area (Å²) in [6.07, 6.45) is 2.90. The van der Waals surface area contributed by atoms with Gasteiger partial charge >= 0.3 is 0 Å². The van der Waals surface area contributed by atoms with E-state index in [1.807, 2.05) is 24.4 Å². The van der Waals surface area contributed by atoms with E-state index in [4.69, 9.17) is 5.73 Å². The van der Waals surface area contributed by atoms with E-state index in [2.05, 4.69) is 53.3 Å². The van der Waals surface area contributed by atoms with Crippen molar-refractivity contribution in [2.75, 3.05) is 6.54 Å². The number of para-hydroxylation sites is 2. The van der Waals surface area contributed by atoms with E-state index in [1.165, 1.54) is 33.1 Å². The van der Waals surface area contributed by atoms with E-state index in [0.29, 0.717) is 6.54 Å². The van der Waals surface area contributed by atoms with Crippen molar-refractivity contribution in [3.05, 3.63) is 72.1 Å². The Balaban J connectivity index is 0.000000139. The third-order valence-electron chi connectivity index (χ3n) is 3.88. The largest absolute Gasteiger partial charge is 0.361 e. The first-order valence-corrected chi connectivity index (χ1v) is 7.58. The molecule has 4 aromatic rings. The highest BCUT2D eigenvalue weighted by Crippen LogP contribution is 2.21. The van der Waals surface area contributed by atoms with Gasteiger partial charge in [-0.25, -0.2) is 0 Å². The van der Waals surface area contributed by atoms with Gasteiger partial charge in [-0.15, -0.1) is 0 Å². The fourth-order valence-corrected chi connectivity index (χ4v) is 2.80. The van der Waals surface area contributed by atoms with E-state index in [-0.39, 0.29) is 0 Å². The van der Waals surface area contributed by atoms with Crippen molar-refractivity contribution in [3.8, 4) is 0 Å². The van der Waals surface area contributed by atoms with E-state index < -0.39 is 0 Å². The molecule has 4 rings (SSSR count). The second-order valence-electron chi connectivity index (χ2n) is 5.38. The molecule has 0 saturated carbocycles. The number of aryl methyl sites for hydroxylation is 1. The Morgan fingerprint density at radius 1 is 0.909 bits per heavy atom. The van der Waals surface area contributed by atoms with Crippen molar-refractivity contribution in [3.63, 3.8) is 0 Å². The Hall–Kier alpha value is -2.52. The van der Waals surface area contributed by atoms with Crippen LogP contribution in [0.25, 0.3) is 21.8 Å². The molecule has 0 bridgehead atoms.